The fourth-order valence-corrected chi connectivity index (χ4v) is 4.11. The van der Waals surface area contributed by atoms with Crippen LogP contribution in [0, 0.1) is 0 Å². The maximum absolute atomic E-state index is 4.56. The number of pyridine rings is 4. The fourth-order valence-electron chi connectivity index (χ4n) is 4.11. The first kappa shape index (κ1) is 22.8. The lowest BCUT2D eigenvalue weighted by Gasteiger charge is -2.06. The summed E-state index contributed by atoms with van der Waals surface area (Å²) in [5, 5.41) is 0. The average molecular weight is 439 g/mol. The summed E-state index contributed by atoms with van der Waals surface area (Å²) in [6, 6.07) is 17.4. The predicted molar refractivity (Wildman–Crippen MR) is 132 cm³/mol. The summed E-state index contributed by atoms with van der Waals surface area (Å²) in [6.07, 6.45) is 18.0. The second-order valence-corrected chi connectivity index (χ2v) is 8.55. The molecule has 0 fully saturated rings. The number of aromatic nitrogens is 4. The average Bonchev–Trinajstić information content (AvgIpc) is 2.88. The van der Waals surface area contributed by atoms with E-state index >= 15 is 0 Å². The van der Waals surface area contributed by atoms with Crippen LogP contribution in [0.5, 0.6) is 0 Å². The van der Waals surface area contributed by atoms with Gasteiger partial charge in [-0.25, -0.2) is 9.13 Å². The summed E-state index contributed by atoms with van der Waals surface area (Å²) < 4.78 is 4.46. The third kappa shape index (κ3) is 6.32. The van der Waals surface area contributed by atoms with Gasteiger partial charge in [0.25, 0.3) is 0 Å². The van der Waals surface area contributed by atoms with Gasteiger partial charge in [0.1, 0.15) is 13.1 Å². The van der Waals surface area contributed by atoms with Gasteiger partial charge in [0.05, 0.1) is 11.4 Å². The highest BCUT2D eigenvalue weighted by Gasteiger charge is 2.07. The molecule has 168 valence electrons. The lowest BCUT2D eigenvalue weighted by atomic mass is 10.1. The van der Waals surface area contributed by atoms with E-state index in [0.717, 1.165) is 56.6 Å². The molecule has 4 aromatic heterocycles. The van der Waals surface area contributed by atoms with Gasteiger partial charge in [-0.15, -0.1) is 0 Å². The van der Waals surface area contributed by atoms with Crippen molar-refractivity contribution < 1.29 is 9.13 Å². The molecule has 0 spiro atoms. The Kier molecular flexibility index (Phi) is 7.91. The molecule has 0 radical (unpaired) electrons. The first-order valence-electron chi connectivity index (χ1n) is 12.1. The van der Waals surface area contributed by atoms with Crippen molar-refractivity contribution in [2.75, 3.05) is 0 Å². The largest absolute Gasteiger partial charge is 0.255 e. The van der Waals surface area contributed by atoms with E-state index in [4.69, 9.17) is 0 Å². The molecule has 0 aromatic carbocycles. The van der Waals surface area contributed by atoms with Crippen molar-refractivity contribution in [1.82, 2.24) is 9.97 Å². The van der Waals surface area contributed by atoms with Crippen molar-refractivity contribution in [2.24, 2.45) is 0 Å². The van der Waals surface area contributed by atoms with Crippen LogP contribution in [0.15, 0.2) is 85.7 Å². The SMILES string of the molecule is CCCc1ccnc(-c2cc(CCCC[n+]3ccc(-c4cc[n+](CC)cc4)cc3)ccn2)c1. The van der Waals surface area contributed by atoms with Crippen LogP contribution in [-0.2, 0) is 25.9 Å². The molecular formula is C29H34N4+2. The van der Waals surface area contributed by atoms with Gasteiger partial charge in [0.15, 0.2) is 24.8 Å². The third-order valence-electron chi connectivity index (χ3n) is 6.06. The second-order valence-electron chi connectivity index (χ2n) is 8.55. The molecule has 4 nitrogen and oxygen atoms in total. The molecule has 0 bridgehead atoms. The van der Waals surface area contributed by atoms with Crippen molar-refractivity contribution >= 4 is 0 Å². The van der Waals surface area contributed by atoms with E-state index in [9.17, 15) is 0 Å². The van der Waals surface area contributed by atoms with Gasteiger partial charge in [-0.2, -0.15) is 0 Å². The van der Waals surface area contributed by atoms with Crippen LogP contribution in [0.4, 0.5) is 0 Å². The van der Waals surface area contributed by atoms with Crippen molar-refractivity contribution in [3.63, 3.8) is 0 Å². The maximum Gasteiger partial charge on any atom is 0.169 e. The number of rotatable bonds is 10. The van der Waals surface area contributed by atoms with Gasteiger partial charge in [0, 0.05) is 43.1 Å². The summed E-state index contributed by atoms with van der Waals surface area (Å²) >= 11 is 0. The molecule has 0 saturated heterocycles. The van der Waals surface area contributed by atoms with Crippen LogP contribution < -0.4 is 9.13 Å². The zero-order valence-corrected chi connectivity index (χ0v) is 19.8. The standard InChI is InChI=1S/C29H34N4/c1-3-7-24-9-15-30-28(22-24)29-23-25(10-16-31-29)8-5-6-17-33-20-13-27(14-21-33)26-11-18-32(4-2)19-12-26/h9-16,18-23H,3-8,17H2,1-2H3/q+2. The minimum absolute atomic E-state index is 0.973. The molecule has 0 aliphatic carbocycles. The molecule has 0 atom stereocenters. The summed E-state index contributed by atoms with van der Waals surface area (Å²) in [4.78, 5) is 9.10. The summed E-state index contributed by atoms with van der Waals surface area (Å²) in [7, 11) is 0. The smallest absolute Gasteiger partial charge is 0.169 e. The van der Waals surface area contributed by atoms with Crippen molar-refractivity contribution in [2.45, 2.75) is 59.0 Å². The summed E-state index contributed by atoms with van der Waals surface area (Å²) in [5.41, 5.74) is 7.12. The Balaban J connectivity index is 1.29. The van der Waals surface area contributed by atoms with Crippen LogP contribution in [0.25, 0.3) is 22.5 Å². The van der Waals surface area contributed by atoms with E-state index < -0.39 is 0 Å². The minimum atomic E-state index is 0.973. The molecule has 4 heteroatoms. The highest BCUT2D eigenvalue weighted by Crippen LogP contribution is 2.19. The normalized spacial score (nSPS) is 11.0. The van der Waals surface area contributed by atoms with Crippen LogP contribution in [0.3, 0.4) is 0 Å². The third-order valence-corrected chi connectivity index (χ3v) is 6.06. The Morgan fingerprint density at radius 2 is 1.18 bits per heavy atom. The van der Waals surface area contributed by atoms with E-state index in [1.54, 1.807) is 0 Å². The van der Waals surface area contributed by atoms with Gasteiger partial charge in [-0.3, -0.25) is 9.97 Å². The molecule has 0 aliphatic heterocycles. The zero-order valence-electron chi connectivity index (χ0n) is 19.8. The molecule has 4 aromatic rings. The monoisotopic (exact) mass is 438 g/mol. The topological polar surface area (TPSA) is 33.5 Å². The molecule has 4 rings (SSSR count). The van der Waals surface area contributed by atoms with Gasteiger partial charge in [-0.1, -0.05) is 13.3 Å². The molecular weight excluding hydrogens is 404 g/mol. The molecule has 4 heterocycles. The molecule has 0 N–H and O–H groups in total. The van der Waals surface area contributed by atoms with Crippen LogP contribution in [0.1, 0.15) is 44.2 Å². The van der Waals surface area contributed by atoms with E-state index in [1.165, 1.54) is 22.3 Å². The fraction of sp³-hybridized carbons (Fsp3) is 0.310. The van der Waals surface area contributed by atoms with Gasteiger partial charge in [0.2, 0.25) is 0 Å². The quantitative estimate of drug-likeness (QED) is 0.246. The number of hydrogen-bond donors (Lipinski definition) is 0. The lowest BCUT2D eigenvalue weighted by molar-refractivity contribution is -0.697. The van der Waals surface area contributed by atoms with E-state index in [0.29, 0.717) is 0 Å². The second kappa shape index (κ2) is 11.5. The van der Waals surface area contributed by atoms with Crippen LogP contribution in [-0.4, -0.2) is 9.97 Å². The Hall–Kier alpha value is -3.40. The van der Waals surface area contributed by atoms with Gasteiger partial charge in [-0.05, 0) is 72.7 Å². The summed E-state index contributed by atoms with van der Waals surface area (Å²) in [5.74, 6) is 0. The van der Waals surface area contributed by atoms with Crippen molar-refractivity contribution in [1.29, 1.82) is 0 Å². The van der Waals surface area contributed by atoms with Crippen molar-refractivity contribution in [3.05, 3.63) is 96.8 Å². The van der Waals surface area contributed by atoms with Crippen LogP contribution >= 0.6 is 0 Å². The minimum Gasteiger partial charge on any atom is -0.255 e. The van der Waals surface area contributed by atoms with Gasteiger partial charge >= 0.3 is 0 Å². The Morgan fingerprint density at radius 1 is 0.636 bits per heavy atom. The summed E-state index contributed by atoms with van der Waals surface area (Å²) in [6.45, 7) is 6.39. The highest BCUT2D eigenvalue weighted by atomic mass is 14.9. The van der Waals surface area contributed by atoms with E-state index in [1.807, 2.05) is 12.4 Å². The first-order valence-corrected chi connectivity index (χ1v) is 12.1. The van der Waals surface area contributed by atoms with E-state index in [2.05, 4.69) is 106 Å². The van der Waals surface area contributed by atoms with E-state index in [-0.39, 0.29) is 0 Å². The van der Waals surface area contributed by atoms with Gasteiger partial charge < -0.3 is 0 Å². The molecule has 0 saturated carbocycles. The first-order chi connectivity index (χ1) is 16.2. The Bertz CT molecular complexity index is 1150. The Labute approximate surface area is 197 Å². The highest BCUT2D eigenvalue weighted by molar-refractivity contribution is 5.61. The lowest BCUT2D eigenvalue weighted by Crippen LogP contribution is -2.32. The number of nitrogens with zero attached hydrogens (tertiary/aromatic N) is 4. The zero-order chi connectivity index (χ0) is 22.9. The Morgan fingerprint density at radius 3 is 1.73 bits per heavy atom. The van der Waals surface area contributed by atoms with Crippen LogP contribution in [0.2, 0.25) is 0 Å². The molecule has 0 amide bonds. The van der Waals surface area contributed by atoms with Crippen molar-refractivity contribution in [3.8, 4) is 22.5 Å². The molecule has 0 unspecified atom stereocenters. The predicted octanol–water partition coefficient (Wildman–Crippen LogP) is 5.38. The molecule has 33 heavy (non-hydrogen) atoms. The number of unbranched alkanes of at least 4 members (excludes halogenated alkanes) is 1. The molecule has 0 aliphatic rings. The maximum atomic E-state index is 4.56. The number of hydrogen-bond acceptors (Lipinski definition) is 2. The number of aryl methyl sites for hydroxylation is 4.